The predicted molar refractivity (Wildman–Crippen MR) is 114 cm³/mol. The monoisotopic (exact) mass is 406 g/mol. The van der Waals surface area contributed by atoms with Crippen molar-refractivity contribution in [3.8, 4) is 11.3 Å². The number of non-ortho nitro benzene ring substituents is 1. The lowest BCUT2D eigenvalue weighted by Crippen LogP contribution is -2.13. The molecule has 0 bridgehead atoms. The Hall–Kier alpha value is -3.52. The van der Waals surface area contributed by atoms with E-state index in [2.05, 4.69) is 10.3 Å². The third-order valence-corrected chi connectivity index (χ3v) is 6.12. The first kappa shape index (κ1) is 18.8. The van der Waals surface area contributed by atoms with Crippen molar-refractivity contribution < 1.29 is 9.72 Å². The average Bonchev–Trinajstić information content (AvgIpc) is 3.25. The van der Waals surface area contributed by atoms with E-state index in [0.717, 1.165) is 22.5 Å². The number of thiazole rings is 1. The van der Waals surface area contributed by atoms with Crippen LogP contribution in [0, 0.1) is 30.9 Å². The van der Waals surface area contributed by atoms with E-state index in [0.29, 0.717) is 21.1 Å². The van der Waals surface area contributed by atoms with Crippen LogP contribution in [0.15, 0.2) is 48.7 Å². The second-order valence-corrected chi connectivity index (χ2v) is 7.78. The van der Waals surface area contributed by atoms with Crippen LogP contribution in [0.2, 0.25) is 0 Å². The summed E-state index contributed by atoms with van der Waals surface area (Å²) in [6, 6.07) is 12.2. The summed E-state index contributed by atoms with van der Waals surface area (Å²) >= 11 is 1.29. The molecule has 0 unspecified atom stereocenters. The van der Waals surface area contributed by atoms with Gasteiger partial charge in [0.2, 0.25) is 0 Å². The highest BCUT2D eigenvalue weighted by Crippen LogP contribution is 2.29. The van der Waals surface area contributed by atoms with Gasteiger partial charge in [-0.15, -0.1) is 0 Å². The number of nitro benzene ring substituents is 1. The number of hydrogen-bond donors (Lipinski definition) is 1. The Labute approximate surface area is 170 Å². The Bertz CT molecular complexity index is 1270. The number of nitro groups is 1. The zero-order valence-corrected chi connectivity index (χ0v) is 16.9. The Morgan fingerprint density at radius 3 is 2.66 bits per heavy atom. The number of anilines is 1. The number of nitrogens with one attached hydrogen (secondary N) is 1. The second kappa shape index (κ2) is 7.14. The SMILES string of the molecule is Cc1cccc(NC(=O)c2sc3nc(-c4cccc([N+](=O)[O-])c4)cn3c2C)c1C. The van der Waals surface area contributed by atoms with E-state index >= 15 is 0 Å². The van der Waals surface area contributed by atoms with E-state index in [1.165, 1.54) is 23.5 Å². The van der Waals surface area contributed by atoms with Gasteiger partial charge in [0.15, 0.2) is 4.96 Å². The van der Waals surface area contributed by atoms with Gasteiger partial charge in [-0.1, -0.05) is 35.6 Å². The molecular formula is C21H18N4O3S. The van der Waals surface area contributed by atoms with Gasteiger partial charge in [0, 0.05) is 35.3 Å². The number of benzene rings is 2. The van der Waals surface area contributed by atoms with E-state index in [1.54, 1.807) is 18.3 Å². The molecule has 1 amide bonds. The molecule has 0 aliphatic rings. The molecule has 0 aliphatic carbocycles. The number of aryl methyl sites for hydroxylation is 2. The molecule has 0 spiro atoms. The third kappa shape index (κ3) is 3.38. The van der Waals surface area contributed by atoms with Crippen molar-refractivity contribution in [1.29, 1.82) is 0 Å². The number of carbonyl (C=O) groups is 1. The van der Waals surface area contributed by atoms with Gasteiger partial charge in [-0.2, -0.15) is 0 Å². The fourth-order valence-electron chi connectivity index (χ4n) is 3.14. The number of rotatable bonds is 4. The lowest BCUT2D eigenvalue weighted by atomic mass is 10.1. The smallest absolute Gasteiger partial charge is 0.270 e. The van der Waals surface area contributed by atoms with E-state index in [1.807, 2.05) is 43.4 Å². The van der Waals surface area contributed by atoms with Gasteiger partial charge >= 0.3 is 0 Å². The molecule has 0 atom stereocenters. The lowest BCUT2D eigenvalue weighted by molar-refractivity contribution is -0.384. The molecule has 0 saturated heterocycles. The number of carbonyl (C=O) groups excluding carboxylic acids is 1. The van der Waals surface area contributed by atoms with Crippen LogP contribution >= 0.6 is 11.3 Å². The van der Waals surface area contributed by atoms with E-state index in [9.17, 15) is 14.9 Å². The molecule has 1 N–H and O–H groups in total. The molecule has 2 heterocycles. The van der Waals surface area contributed by atoms with Gasteiger partial charge in [-0.25, -0.2) is 4.98 Å². The van der Waals surface area contributed by atoms with Gasteiger partial charge in [-0.05, 0) is 38.0 Å². The predicted octanol–water partition coefficient (Wildman–Crippen LogP) is 5.15. The number of aromatic nitrogens is 2. The van der Waals surface area contributed by atoms with Crippen LogP contribution in [-0.4, -0.2) is 20.2 Å². The van der Waals surface area contributed by atoms with Crippen molar-refractivity contribution in [2.24, 2.45) is 0 Å². The van der Waals surface area contributed by atoms with Crippen molar-refractivity contribution in [2.75, 3.05) is 5.32 Å². The van der Waals surface area contributed by atoms with Crippen LogP contribution < -0.4 is 5.32 Å². The van der Waals surface area contributed by atoms with Crippen molar-refractivity contribution in [3.05, 3.63) is 80.5 Å². The molecule has 146 valence electrons. The maximum atomic E-state index is 12.8. The zero-order chi connectivity index (χ0) is 20.7. The quantitative estimate of drug-likeness (QED) is 0.375. The highest BCUT2D eigenvalue weighted by Gasteiger charge is 2.19. The Morgan fingerprint density at radius 1 is 1.17 bits per heavy atom. The molecule has 29 heavy (non-hydrogen) atoms. The first-order valence-electron chi connectivity index (χ1n) is 8.96. The fourth-order valence-corrected chi connectivity index (χ4v) is 4.15. The van der Waals surface area contributed by atoms with E-state index in [4.69, 9.17) is 0 Å². The van der Waals surface area contributed by atoms with Gasteiger partial charge in [0.1, 0.15) is 4.88 Å². The minimum atomic E-state index is -0.428. The molecule has 0 aliphatic heterocycles. The molecule has 0 saturated carbocycles. The molecule has 2 aromatic heterocycles. The van der Waals surface area contributed by atoms with Crippen LogP contribution in [0.25, 0.3) is 16.2 Å². The van der Waals surface area contributed by atoms with Gasteiger partial charge in [0.05, 0.1) is 10.6 Å². The largest absolute Gasteiger partial charge is 0.321 e. The van der Waals surface area contributed by atoms with Crippen molar-refractivity contribution in [2.45, 2.75) is 20.8 Å². The zero-order valence-electron chi connectivity index (χ0n) is 16.1. The van der Waals surface area contributed by atoms with Gasteiger partial charge < -0.3 is 5.32 Å². The van der Waals surface area contributed by atoms with Gasteiger partial charge in [0.25, 0.3) is 11.6 Å². The summed E-state index contributed by atoms with van der Waals surface area (Å²) in [5, 5.41) is 14.0. The van der Waals surface area contributed by atoms with Crippen LogP contribution in [0.3, 0.4) is 0 Å². The molecule has 4 rings (SSSR count). The minimum absolute atomic E-state index is 0.0177. The summed E-state index contributed by atoms with van der Waals surface area (Å²) in [4.78, 5) is 29.2. The summed E-state index contributed by atoms with van der Waals surface area (Å²) in [6.07, 6.45) is 1.80. The highest BCUT2D eigenvalue weighted by molar-refractivity contribution is 7.19. The summed E-state index contributed by atoms with van der Waals surface area (Å²) < 4.78 is 1.84. The minimum Gasteiger partial charge on any atom is -0.321 e. The van der Waals surface area contributed by atoms with E-state index < -0.39 is 4.92 Å². The Balaban J connectivity index is 1.66. The molecule has 0 radical (unpaired) electrons. The number of hydrogen-bond acceptors (Lipinski definition) is 5. The first-order valence-corrected chi connectivity index (χ1v) is 9.77. The topological polar surface area (TPSA) is 89.5 Å². The number of nitrogens with zero attached hydrogens (tertiary/aromatic N) is 3. The summed E-state index contributed by atoms with van der Waals surface area (Å²) in [5.41, 5.74) is 5.02. The first-order chi connectivity index (χ1) is 13.8. The standard InChI is InChI=1S/C21H18N4O3S/c1-12-6-4-9-17(13(12)2)22-20(26)19-14(3)24-11-18(23-21(24)29-19)15-7-5-8-16(10-15)25(27)28/h4-11H,1-3H3,(H,22,26). The molecule has 0 fully saturated rings. The molecule has 8 heteroatoms. The van der Waals surface area contributed by atoms with E-state index in [-0.39, 0.29) is 11.6 Å². The maximum absolute atomic E-state index is 12.8. The third-order valence-electron chi connectivity index (χ3n) is 4.97. The second-order valence-electron chi connectivity index (χ2n) is 6.80. The van der Waals surface area contributed by atoms with Crippen LogP contribution in [0.5, 0.6) is 0 Å². The Kier molecular flexibility index (Phi) is 4.63. The summed E-state index contributed by atoms with van der Waals surface area (Å²) in [6.45, 7) is 5.84. The summed E-state index contributed by atoms with van der Waals surface area (Å²) in [7, 11) is 0. The fraction of sp³-hybridized carbons (Fsp3) is 0.143. The molecule has 4 aromatic rings. The molecule has 2 aromatic carbocycles. The van der Waals surface area contributed by atoms with Crippen molar-refractivity contribution in [3.63, 3.8) is 0 Å². The number of fused-ring (bicyclic) bond motifs is 1. The van der Waals surface area contributed by atoms with Crippen LogP contribution in [0.4, 0.5) is 11.4 Å². The number of amides is 1. The normalized spacial score (nSPS) is 11.0. The van der Waals surface area contributed by atoms with Gasteiger partial charge in [-0.3, -0.25) is 19.3 Å². The van der Waals surface area contributed by atoms with Crippen molar-refractivity contribution in [1.82, 2.24) is 9.38 Å². The lowest BCUT2D eigenvalue weighted by Gasteiger charge is -2.09. The Morgan fingerprint density at radius 2 is 1.93 bits per heavy atom. The number of imidazole rings is 1. The van der Waals surface area contributed by atoms with Crippen LogP contribution in [0.1, 0.15) is 26.5 Å². The van der Waals surface area contributed by atoms with Crippen LogP contribution in [-0.2, 0) is 0 Å². The molecular weight excluding hydrogens is 388 g/mol. The molecule has 7 nitrogen and oxygen atoms in total. The highest BCUT2D eigenvalue weighted by atomic mass is 32.1. The maximum Gasteiger partial charge on any atom is 0.270 e. The average molecular weight is 406 g/mol. The summed E-state index contributed by atoms with van der Waals surface area (Å²) in [5.74, 6) is -0.177. The van der Waals surface area contributed by atoms with Crippen molar-refractivity contribution >= 4 is 33.6 Å².